The van der Waals surface area contributed by atoms with Crippen molar-refractivity contribution in [3.8, 4) is 28.4 Å². The lowest BCUT2D eigenvalue weighted by Crippen LogP contribution is -2.37. The second-order valence-corrected chi connectivity index (χ2v) is 7.46. The first-order valence-corrected chi connectivity index (χ1v) is 10.4. The fourth-order valence-corrected chi connectivity index (χ4v) is 3.86. The summed E-state index contributed by atoms with van der Waals surface area (Å²) in [5.41, 5.74) is 2.89. The van der Waals surface area contributed by atoms with E-state index in [4.69, 9.17) is 14.5 Å². The molecule has 0 aliphatic carbocycles. The van der Waals surface area contributed by atoms with E-state index in [9.17, 15) is 10.1 Å². The first-order valence-electron chi connectivity index (χ1n) is 10.4. The number of nitrogens with zero attached hydrogens (tertiary/aromatic N) is 4. The summed E-state index contributed by atoms with van der Waals surface area (Å²) in [6, 6.07) is 14.5. The topological polar surface area (TPSA) is 82.7 Å². The Kier molecular flexibility index (Phi) is 6.59. The minimum absolute atomic E-state index is 0.0788. The molecule has 3 aromatic rings. The fraction of sp³-hybridized carbons (Fsp3) is 0.348. The molecule has 2 aromatic carbocycles. The minimum Gasteiger partial charge on any atom is -0.497 e. The van der Waals surface area contributed by atoms with Crippen molar-refractivity contribution in [3.63, 3.8) is 0 Å². The number of benzene rings is 2. The van der Waals surface area contributed by atoms with Crippen molar-refractivity contribution in [1.29, 1.82) is 0 Å². The molecule has 0 radical (unpaired) electrons. The van der Waals surface area contributed by atoms with E-state index in [1.807, 2.05) is 30.5 Å². The Hall–Kier alpha value is -3.23. The van der Waals surface area contributed by atoms with Crippen LogP contribution in [-0.2, 0) is 11.3 Å². The van der Waals surface area contributed by atoms with Crippen molar-refractivity contribution in [1.82, 2.24) is 14.5 Å². The van der Waals surface area contributed by atoms with Gasteiger partial charge in [0.2, 0.25) is 0 Å². The van der Waals surface area contributed by atoms with Gasteiger partial charge in [-0.25, -0.2) is 4.98 Å². The minimum atomic E-state index is -0.384. The van der Waals surface area contributed by atoms with Crippen LogP contribution in [0.2, 0.25) is 0 Å². The number of ether oxygens (including phenoxy) is 2. The molecular weight excluding hydrogens is 396 g/mol. The molecule has 1 aliphatic rings. The molecule has 8 heteroatoms. The molecule has 2 heterocycles. The maximum absolute atomic E-state index is 11.0. The smallest absolute Gasteiger partial charge is 0.269 e. The largest absolute Gasteiger partial charge is 0.497 e. The third-order valence-electron chi connectivity index (χ3n) is 5.52. The molecule has 31 heavy (non-hydrogen) atoms. The summed E-state index contributed by atoms with van der Waals surface area (Å²) in [5.74, 6) is 1.63. The molecule has 1 saturated heterocycles. The van der Waals surface area contributed by atoms with Crippen molar-refractivity contribution in [2.24, 2.45) is 0 Å². The first kappa shape index (κ1) is 21.0. The molecule has 0 atom stereocenters. The molecule has 4 rings (SSSR count). The second-order valence-electron chi connectivity index (χ2n) is 7.46. The van der Waals surface area contributed by atoms with Crippen LogP contribution in [0, 0.1) is 10.1 Å². The number of hydrogen-bond donors (Lipinski definition) is 0. The molecule has 1 aliphatic heterocycles. The highest BCUT2D eigenvalue weighted by molar-refractivity contribution is 5.67. The van der Waals surface area contributed by atoms with Crippen LogP contribution in [-0.4, -0.2) is 59.3 Å². The van der Waals surface area contributed by atoms with Crippen LogP contribution in [0.25, 0.3) is 22.6 Å². The zero-order valence-corrected chi connectivity index (χ0v) is 17.6. The van der Waals surface area contributed by atoms with Gasteiger partial charge in [0.1, 0.15) is 11.6 Å². The van der Waals surface area contributed by atoms with Crippen LogP contribution >= 0.6 is 0 Å². The number of nitro benzene ring substituents is 1. The van der Waals surface area contributed by atoms with Crippen LogP contribution in [0.15, 0.2) is 54.7 Å². The molecule has 162 valence electrons. The predicted molar refractivity (Wildman–Crippen MR) is 118 cm³/mol. The summed E-state index contributed by atoms with van der Waals surface area (Å²) in [4.78, 5) is 17.8. The van der Waals surface area contributed by atoms with E-state index in [0.29, 0.717) is 0 Å². The lowest BCUT2D eigenvalue weighted by atomic mass is 10.1. The Labute approximate surface area is 181 Å². The predicted octanol–water partition coefficient (Wildman–Crippen LogP) is 3.86. The third-order valence-corrected chi connectivity index (χ3v) is 5.52. The SMILES string of the molecule is COc1cccc(-c2ncc(-c3ccc([N+](=O)[O-])cc3)n2CCCN2CCOCC2)c1. The number of methoxy groups -OCH3 is 1. The Morgan fingerprint density at radius 2 is 1.87 bits per heavy atom. The molecule has 0 amide bonds. The van der Waals surface area contributed by atoms with Crippen molar-refractivity contribution in [3.05, 3.63) is 64.8 Å². The Morgan fingerprint density at radius 3 is 2.58 bits per heavy atom. The maximum Gasteiger partial charge on any atom is 0.269 e. The van der Waals surface area contributed by atoms with Gasteiger partial charge >= 0.3 is 0 Å². The normalized spacial score (nSPS) is 14.5. The zero-order valence-electron chi connectivity index (χ0n) is 17.6. The van der Waals surface area contributed by atoms with Gasteiger partial charge in [-0.1, -0.05) is 12.1 Å². The summed E-state index contributed by atoms with van der Waals surface area (Å²) < 4.78 is 13.0. The van der Waals surface area contributed by atoms with Gasteiger partial charge in [0.25, 0.3) is 5.69 Å². The van der Waals surface area contributed by atoms with E-state index in [2.05, 4.69) is 9.47 Å². The monoisotopic (exact) mass is 422 g/mol. The third kappa shape index (κ3) is 4.92. The van der Waals surface area contributed by atoms with Crippen molar-refractivity contribution >= 4 is 5.69 Å². The summed E-state index contributed by atoms with van der Waals surface area (Å²) in [6.45, 7) is 5.27. The number of rotatable bonds is 8. The molecule has 1 fully saturated rings. The summed E-state index contributed by atoms with van der Waals surface area (Å²) in [6.07, 6.45) is 2.80. The number of aromatic nitrogens is 2. The van der Waals surface area contributed by atoms with E-state index < -0.39 is 0 Å². The Balaban J connectivity index is 1.63. The van der Waals surface area contributed by atoms with Gasteiger partial charge in [0.15, 0.2) is 0 Å². The van der Waals surface area contributed by atoms with Gasteiger partial charge < -0.3 is 14.0 Å². The lowest BCUT2D eigenvalue weighted by molar-refractivity contribution is -0.384. The molecule has 0 N–H and O–H groups in total. The van der Waals surface area contributed by atoms with E-state index in [-0.39, 0.29) is 10.6 Å². The van der Waals surface area contributed by atoms with Crippen molar-refractivity contribution < 1.29 is 14.4 Å². The van der Waals surface area contributed by atoms with Crippen LogP contribution in [0.1, 0.15) is 6.42 Å². The van der Waals surface area contributed by atoms with E-state index in [1.54, 1.807) is 19.2 Å². The van der Waals surface area contributed by atoms with E-state index >= 15 is 0 Å². The van der Waals surface area contributed by atoms with Gasteiger partial charge in [0, 0.05) is 49.4 Å². The highest BCUT2D eigenvalue weighted by Crippen LogP contribution is 2.30. The molecule has 0 bridgehead atoms. The quantitative estimate of drug-likeness (QED) is 0.405. The van der Waals surface area contributed by atoms with Gasteiger partial charge in [-0.05, 0) is 30.7 Å². The van der Waals surface area contributed by atoms with Gasteiger partial charge in [0.05, 0.1) is 37.1 Å². The van der Waals surface area contributed by atoms with Gasteiger partial charge in [-0.2, -0.15) is 0 Å². The summed E-state index contributed by atoms with van der Waals surface area (Å²) in [7, 11) is 1.65. The molecule has 0 saturated carbocycles. The molecule has 8 nitrogen and oxygen atoms in total. The van der Waals surface area contributed by atoms with Gasteiger partial charge in [-0.15, -0.1) is 0 Å². The van der Waals surface area contributed by atoms with E-state index in [0.717, 1.165) is 74.2 Å². The number of nitro groups is 1. The molecular formula is C23H26N4O4. The Bertz CT molecular complexity index is 1030. The average Bonchev–Trinajstić information content (AvgIpc) is 3.23. The highest BCUT2D eigenvalue weighted by atomic mass is 16.6. The summed E-state index contributed by atoms with van der Waals surface area (Å²) >= 11 is 0. The summed E-state index contributed by atoms with van der Waals surface area (Å²) in [5, 5.41) is 11.0. The molecule has 0 spiro atoms. The lowest BCUT2D eigenvalue weighted by Gasteiger charge is -2.26. The van der Waals surface area contributed by atoms with Crippen LogP contribution in [0.4, 0.5) is 5.69 Å². The maximum atomic E-state index is 11.0. The second kappa shape index (κ2) is 9.72. The van der Waals surface area contributed by atoms with Gasteiger partial charge in [-0.3, -0.25) is 15.0 Å². The number of morpholine rings is 1. The van der Waals surface area contributed by atoms with Crippen LogP contribution in [0.3, 0.4) is 0 Å². The fourth-order valence-electron chi connectivity index (χ4n) is 3.86. The number of non-ortho nitro benzene ring substituents is 1. The Morgan fingerprint density at radius 1 is 1.10 bits per heavy atom. The van der Waals surface area contributed by atoms with E-state index in [1.165, 1.54) is 12.1 Å². The van der Waals surface area contributed by atoms with Crippen molar-refractivity contribution in [2.75, 3.05) is 40.0 Å². The standard InChI is InChI=1S/C23H26N4O4/c1-30-21-5-2-4-19(16-21)23-24-17-22(18-6-8-20(9-7-18)27(28)29)26(23)11-3-10-25-12-14-31-15-13-25/h2,4-9,16-17H,3,10-15H2,1H3. The first-order chi connectivity index (χ1) is 15.2. The number of imidazole rings is 1. The molecule has 1 aromatic heterocycles. The molecule has 0 unspecified atom stereocenters. The average molecular weight is 422 g/mol. The highest BCUT2D eigenvalue weighted by Gasteiger charge is 2.16. The zero-order chi connectivity index (χ0) is 21.6. The number of hydrogen-bond acceptors (Lipinski definition) is 6. The van der Waals surface area contributed by atoms with Crippen LogP contribution in [0.5, 0.6) is 5.75 Å². The van der Waals surface area contributed by atoms with Crippen LogP contribution < -0.4 is 4.74 Å². The van der Waals surface area contributed by atoms with Crippen molar-refractivity contribution in [2.45, 2.75) is 13.0 Å².